The summed E-state index contributed by atoms with van der Waals surface area (Å²) in [6.07, 6.45) is 2.83. The van der Waals surface area contributed by atoms with Crippen molar-refractivity contribution in [2.24, 2.45) is 0 Å². The number of hydrogen-bond acceptors (Lipinski definition) is 3. The second-order valence-electron chi connectivity index (χ2n) is 6.83. The predicted octanol–water partition coefficient (Wildman–Crippen LogP) is 4.79. The second kappa shape index (κ2) is 9.02. The molecule has 1 aromatic heterocycles. The van der Waals surface area contributed by atoms with E-state index in [1.165, 1.54) is 0 Å². The number of carbonyl (C=O) groups excluding carboxylic acids is 1. The number of amides is 1. The molecule has 2 aromatic carbocycles. The van der Waals surface area contributed by atoms with Crippen LogP contribution in [-0.2, 0) is 17.8 Å². The molecular weight excluding hydrogens is 374 g/mol. The maximum Gasteiger partial charge on any atom is 0.261 e. The lowest BCUT2D eigenvalue weighted by molar-refractivity contribution is -0.116. The van der Waals surface area contributed by atoms with E-state index in [0.29, 0.717) is 41.0 Å². The Hall–Kier alpha value is -2.66. The van der Waals surface area contributed by atoms with Gasteiger partial charge in [0.1, 0.15) is 5.82 Å². The van der Waals surface area contributed by atoms with E-state index in [4.69, 9.17) is 16.6 Å². The third-order valence-electron chi connectivity index (χ3n) is 4.52. The standard InChI is InChI=1S/C22H24ClN3O2/c1-3-5-20-25-19-12-11-17(24-21(27)6-4-2)13-18(19)22(28)26(20)14-15-7-9-16(23)10-8-15/h7-13H,3-6,14H2,1-2H3,(H,24,27). The summed E-state index contributed by atoms with van der Waals surface area (Å²) in [5.41, 5.74) is 2.15. The van der Waals surface area contributed by atoms with E-state index in [2.05, 4.69) is 12.2 Å². The van der Waals surface area contributed by atoms with Gasteiger partial charge in [-0.25, -0.2) is 4.98 Å². The average molecular weight is 398 g/mol. The van der Waals surface area contributed by atoms with Crippen LogP contribution in [0.15, 0.2) is 47.3 Å². The molecule has 0 spiro atoms. The normalized spacial score (nSPS) is 11.0. The molecule has 6 heteroatoms. The summed E-state index contributed by atoms with van der Waals surface area (Å²) in [7, 11) is 0. The molecule has 0 atom stereocenters. The van der Waals surface area contributed by atoms with Crippen molar-refractivity contribution in [2.45, 2.75) is 46.1 Å². The molecule has 0 unspecified atom stereocenters. The highest BCUT2D eigenvalue weighted by atomic mass is 35.5. The molecule has 1 amide bonds. The van der Waals surface area contributed by atoms with Gasteiger partial charge in [-0.3, -0.25) is 14.2 Å². The van der Waals surface area contributed by atoms with Gasteiger partial charge in [-0.15, -0.1) is 0 Å². The number of aromatic nitrogens is 2. The zero-order valence-corrected chi connectivity index (χ0v) is 16.9. The molecule has 3 aromatic rings. The number of anilines is 1. The predicted molar refractivity (Wildman–Crippen MR) is 114 cm³/mol. The topological polar surface area (TPSA) is 64.0 Å². The van der Waals surface area contributed by atoms with E-state index in [-0.39, 0.29) is 11.5 Å². The molecule has 0 radical (unpaired) electrons. The van der Waals surface area contributed by atoms with Gasteiger partial charge in [0.15, 0.2) is 0 Å². The van der Waals surface area contributed by atoms with Crippen molar-refractivity contribution < 1.29 is 4.79 Å². The second-order valence-corrected chi connectivity index (χ2v) is 7.26. The lowest BCUT2D eigenvalue weighted by atomic mass is 10.1. The highest BCUT2D eigenvalue weighted by molar-refractivity contribution is 6.30. The van der Waals surface area contributed by atoms with Gasteiger partial charge >= 0.3 is 0 Å². The lowest BCUT2D eigenvalue weighted by Gasteiger charge is -2.14. The first-order valence-electron chi connectivity index (χ1n) is 9.59. The number of fused-ring (bicyclic) bond motifs is 1. The van der Waals surface area contributed by atoms with Crippen LogP contribution in [0.1, 0.15) is 44.5 Å². The van der Waals surface area contributed by atoms with Crippen LogP contribution in [0, 0.1) is 0 Å². The average Bonchev–Trinajstić information content (AvgIpc) is 2.67. The van der Waals surface area contributed by atoms with Gasteiger partial charge in [0.2, 0.25) is 5.91 Å². The number of benzene rings is 2. The van der Waals surface area contributed by atoms with Gasteiger partial charge in [-0.2, -0.15) is 0 Å². The Balaban J connectivity index is 2.05. The van der Waals surface area contributed by atoms with Crippen LogP contribution in [0.25, 0.3) is 10.9 Å². The number of aryl methyl sites for hydroxylation is 1. The summed E-state index contributed by atoms with van der Waals surface area (Å²) in [4.78, 5) is 29.9. The van der Waals surface area contributed by atoms with Crippen LogP contribution in [0.2, 0.25) is 5.02 Å². The summed E-state index contributed by atoms with van der Waals surface area (Å²) in [5, 5.41) is 4.01. The van der Waals surface area contributed by atoms with Gasteiger partial charge in [0.25, 0.3) is 5.56 Å². The van der Waals surface area contributed by atoms with E-state index in [0.717, 1.165) is 24.2 Å². The zero-order chi connectivity index (χ0) is 20.1. The Morgan fingerprint density at radius 1 is 1.11 bits per heavy atom. The minimum atomic E-state index is -0.102. The third-order valence-corrected chi connectivity index (χ3v) is 4.77. The molecule has 0 saturated heterocycles. The van der Waals surface area contributed by atoms with E-state index in [1.54, 1.807) is 22.8 Å². The number of hydrogen-bond donors (Lipinski definition) is 1. The first kappa shape index (κ1) is 20.1. The molecule has 0 aliphatic heterocycles. The largest absolute Gasteiger partial charge is 0.326 e. The van der Waals surface area contributed by atoms with Crippen molar-refractivity contribution in [3.05, 3.63) is 69.2 Å². The smallest absolute Gasteiger partial charge is 0.261 e. The van der Waals surface area contributed by atoms with E-state index in [9.17, 15) is 9.59 Å². The Kier molecular flexibility index (Phi) is 6.47. The van der Waals surface area contributed by atoms with Crippen LogP contribution in [0.5, 0.6) is 0 Å². The minimum Gasteiger partial charge on any atom is -0.326 e. The van der Waals surface area contributed by atoms with Crippen molar-refractivity contribution in [1.29, 1.82) is 0 Å². The summed E-state index contributed by atoms with van der Waals surface area (Å²) in [5.74, 6) is 0.705. The quantitative estimate of drug-likeness (QED) is 0.623. The van der Waals surface area contributed by atoms with Gasteiger partial charge < -0.3 is 5.32 Å². The number of rotatable bonds is 7. The zero-order valence-electron chi connectivity index (χ0n) is 16.2. The molecule has 1 N–H and O–H groups in total. The molecular formula is C22H24ClN3O2. The minimum absolute atomic E-state index is 0.0566. The summed E-state index contributed by atoms with van der Waals surface area (Å²) < 4.78 is 1.71. The number of carbonyl (C=O) groups is 1. The molecule has 0 aliphatic rings. The Morgan fingerprint density at radius 2 is 1.86 bits per heavy atom. The van der Waals surface area contributed by atoms with Crippen molar-refractivity contribution >= 4 is 34.1 Å². The summed E-state index contributed by atoms with van der Waals surface area (Å²) in [6.45, 7) is 4.45. The van der Waals surface area contributed by atoms with E-state index in [1.807, 2.05) is 31.2 Å². The fraction of sp³-hybridized carbons (Fsp3) is 0.318. The Morgan fingerprint density at radius 3 is 2.54 bits per heavy atom. The van der Waals surface area contributed by atoms with Crippen LogP contribution in [-0.4, -0.2) is 15.5 Å². The van der Waals surface area contributed by atoms with Crippen LogP contribution >= 0.6 is 11.6 Å². The monoisotopic (exact) mass is 397 g/mol. The van der Waals surface area contributed by atoms with E-state index >= 15 is 0 Å². The first-order chi connectivity index (χ1) is 13.5. The van der Waals surface area contributed by atoms with Crippen molar-refractivity contribution in [3.8, 4) is 0 Å². The molecule has 3 rings (SSSR count). The molecule has 5 nitrogen and oxygen atoms in total. The summed E-state index contributed by atoms with van der Waals surface area (Å²) in [6, 6.07) is 12.8. The SMILES string of the molecule is CCCC(=O)Nc1ccc2nc(CCC)n(Cc3ccc(Cl)cc3)c(=O)c2c1. The molecule has 0 bridgehead atoms. The molecule has 146 valence electrons. The van der Waals surface area contributed by atoms with Crippen molar-refractivity contribution in [1.82, 2.24) is 9.55 Å². The van der Waals surface area contributed by atoms with Gasteiger partial charge in [0, 0.05) is 23.6 Å². The van der Waals surface area contributed by atoms with Gasteiger partial charge in [0.05, 0.1) is 17.4 Å². The Bertz CT molecular complexity index is 1040. The van der Waals surface area contributed by atoms with Gasteiger partial charge in [-0.05, 0) is 48.7 Å². The fourth-order valence-corrected chi connectivity index (χ4v) is 3.27. The summed E-state index contributed by atoms with van der Waals surface area (Å²) >= 11 is 5.97. The maximum atomic E-state index is 13.2. The molecule has 0 fully saturated rings. The molecule has 1 heterocycles. The van der Waals surface area contributed by atoms with Crippen molar-refractivity contribution in [2.75, 3.05) is 5.32 Å². The van der Waals surface area contributed by atoms with Crippen LogP contribution in [0.4, 0.5) is 5.69 Å². The highest BCUT2D eigenvalue weighted by Crippen LogP contribution is 2.18. The fourth-order valence-electron chi connectivity index (χ4n) is 3.15. The first-order valence-corrected chi connectivity index (χ1v) is 9.97. The van der Waals surface area contributed by atoms with Crippen LogP contribution in [0.3, 0.4) is 0 Å². The Labute approximate surface area is 169 Å². The molecule has 0 saturated carbocycles. The molecule has 28 heavy (non-hydrogen) atoms. The number of nitrogens with one attached hydrogen (secondary N) is 1. The molecule has 0 aliphatic carbocycles. The number of halogens is 1. The van der Waals surface area contributed by atoms with Crippen LogP contribution < -0.4 is 10.9 Å². The van der Waals surface area contributed by atoms with Gasteiger partial charge in [-0.1, -0.05) is 37.6 Å². The van der Waals surface area contributed by atoms with Crippen molar-refractivity contribution in [3.63, 3.8) is 0 Å². The number of nitrogens with zero attached hydrogens (tertiary/aromatic N) is 2. The maximum absolute atomic E-state index is 13.2. The lowest BCUT2D eigenvalue weighted by Crippen LogP contribution is -2.26. The highest BCUT2D eigenvalue weighted by Gasteiger charge is 2.12. The third kappa shape index (κ3) is 4.60. The van der Waals surface area contributed by atoms with E-state index < -0.39 is 0 Å².